The Morgan fingerprint density at radius 2 is 1.95 bits per heavy atom. The second-order valence-electron chi connectivity index (χ2n) is 5.11. The van der Waals surface area contributed by atoms with Gasteiger partial charge in [-0.3, -0.25) is 0 Å². The van der Waals surface area contributed by atoms with Gasteiger partial charge in [-0.15, -0.1) is 0 Å². The van der Waals surface area contributed by atoms with Gasteiger partial charge in [0.2, 0.25) is 0 Å². The lowest BCUT2D eigenvalue weighted by Gasteiger charge is -2.17. The lowest BCUT2D eigenvalue weighted by Crippen LogP contribution is -2.13. The summed E-state index contributed by atoms with van der Waals surface area (Å²) in [5.41, 5.74) is 4.05. The molecule has 0 spiro atoms. The van der Waals surface area contributed by atoms with E-state index < -0.39 is 6.10 Å². The van der Waals surface area contributed by atoms with Gasteiger partial charge >= 0.3 is 0 Å². The molecule has 0 aliphatic rings. The van der Waals surface area contributed by atoms with E-state index in [0.29, 0.717) is 12.3 Å². The third-order valence-electron chi connectivity index (χ3n) is 3.40. The van der Waals surface area contributed by atoms with E-state index in [1.807, 2.05) is 50.2 Å². The Hall–Kier alpha value is -1.52. The minimum Gasteiger partial charge on any atom is -0.496 e. The van der Waals surface area contributed by atoms with Crippen molar-refractivity contribution in [2.24, 2.45) is 0 Å². The second kappa shape index (κ2) is 6.96. The molecule has 0 fully saturated rings. The number of hydrogen-bond donors (Lipinski definition) is 2. The molecule has 0 heterocycles. The molecule has 2 N–H and O–H groups in total. The molecule has 2 rings (SSSR count). The van der Waals surface area contributed by atoms with Crippen molar-refractivity contribution in [1.29, 1.82) is 0 Å². The average Bonchev–Trinajstić information content (AvgIpc) is 2.48. The molecule has 2 aromatic rings. The standard InChI is InChI=1S/C17H20BrNO2/c1-11-4-7-17(21-3)14(8-11)16(20)10-19-13-5-6-15(18)12(2)9-13/h4-9,16,19-20H,10H2,1-3H3. The third-order valence-corrected chi connectivity index (χ3v) is 4.29. The fourth-order valence-corrected chi connectivity index (χ4v) is 2.44. The Balaban J connectivity index is 2.09. The van der Waals surface area contributed by atoms with Gasteiger partial charge in [0.25, 0.3) is 0 Å². The molecule has 0 aliphatic heterocycles. The molecule has 0 saturated carbocycles. The number of nitrogens with one attached hydrogen (secondary N) is 1. The average molecular weight is 350 g/mol. The van der Waals surface area contributed by atoms with Gasteiger partial charge in [0.05, 0.1) is 13.2 Å². The van der Waals surface area contributed by atoms with Crippen LogP contribution in [-0.2, 0) is 0 Å². The summed E-state index contributed by atoms with van der Waals surface area (Å²) in [4.78, 5) is 0. The summed E-state index contributed by atoms with van der Waals surface area (Å²) in [6, 6.07) is 11.8. The van der Waals surface area contributed by atoms with Crippen LogP contribution in [0.25, 0.3) is 0 Å². The van der Waals surface area contributed by atoms with Crippen molar-refractivity contribution in [2.75, 3.05) is 19.0 Å². The number of aliphatic hydroxyl groups is 1. The third kappa shape index (κ3) is 3.99. The highest BCUT2D eigenvalue weighted by Crippen LogP contribution is 2.27. The molecule has 0 saturated heterocycles. The number of hydrogen-bond acceptors (Lipinski definition) is 3. The van der Waals surface area contributed by atoms with Crippen LogP contribution in [0, 0.1) is 13.8 Å². The summed E-state index contributed by atoms with van der Waals surface area (Å²) in [5.74, 6) is 0.710. The van der Waals surface area contributed by atoms with Crippen LogP contribution in [0.2, 0.25) is 0 Å². The quantitative estimate of drug-likeness (QED) is 0.848. The molecule has 0 aromatic heterocycles. The van der Waals surface area contributed by atoms with E-state index in [2.05, 4.69) is 21.2 Å². The van der Waals surface area contributed by atoms with Crippen molar-refractivity contribution in [3.05, 3.63) is 57.6 Å². The van der Waals surface area contributed by atoms with E-state index in [1.165, 1.54) is 0 Å². The Bertz CT molecular complexity index is 628. The van der Waals surface area contributed by atoms with Crippen molar-refractivity contribution in [3.8, 4) is 5.75 Å². The first-order chi connectivity index (χ1) is 10.0. The highest BCUT2D eigenvalue weighted by atomic mass is 79.9. The zero-order valence-corrected chi connectivity index (χ0v) is 14.1. The summed E-state index contributed by atoms with van der Waals surface area (Å²) >= 11 is 3.48. The van der Waals surface area contributed by atoms with E-state index in [-0.39, 0.29) is 0 Å². The first-order valence-corrected chi connectivity index (χ1v) is 7.63. The van der Waals surface area contributed by atoms with Gasteiger partial charge in [0.15, 0.2) is 0 Å². The number of aliphatic hydroxyl groups excluding tert-OH is 1. The zero-order chi connectivity index (χ0) is 15.4. The van der Waals surface area contributed by atoms with Crippen LogP contribution in [0.3, 0.4) is 0 Å². The molecular formula is C17H20BrNO2. The molecule has 21 heavy (non-hydrogen) atoms. The Kier molecular flexibility index (Phi) is 5.26. The van der Waals surface area contributed by atoms with Gasteiger partial charge in [-0.25, -0.2) is 0 Å². The number of rotatable bonds is 5. The van der Waals surface area contributed by atoms with Crippen molar-refractivity contribution < 1.29 is 9.84 Å². The molecule has 112 valence electrons. The van der Waals surface area contributed by atoms with Gasteiger partial charge in [-0.1, -0.05) is 27.6 Å². The van der Waals surface area contributed by atoms with Gasteiger partial charge < -0.3 is 15.2 Å². The number of methoxy groups -OCH3 is 1. The Labute approximate surface area is 134 Å². The molecule has 0 aliphatic carbocycles. The SMILES string of the molecule is COc1ccc(C)cc1C(O)CNc1ccc(Br)c(C)c1. The fourth-order valence-electron chi connectivity index (χ4n) is 2.19. The van der Waals surface area contributed by atoms with E-state index in [0.717, 1.165) is 26.9 Å². The molecule has 0 amide bonds. The smallest absolute Gasteiger partial charge is 0.124 e. The van der Waals surface area contributed by atoms with Crippen LogP contribution in [-0.4, -0.2) is 18.8 Å². The van der Waals surface area contributed by atoms with Crippen LogP contribution in [0.1, 0.15) is 22.8 Å². The summed E-state index contributed by atoms with van der Waals surface area (Å²) < 4.78 is 6.39. The molecule has 1 unspecified atom stereocenters. The molecule has 2 aromatic carbocycles. The van der Waals surface area contributed by atoms with E-state index in [9.17, 15) is 5.11 Å². The number of ether oxygens (including phenoxy) is 1. The van der Waals surface area contributed by atoms with Crippen LogP contribution < -0.4 is 10.1 Å². The van der Waals surface area contributed by atoms with Crippen LogP contribution >= 0.6 is 15.9 Å². The maximum Gasteiger partial charge on any atom is 0.124 e. The minimum atomic E-state index is -0.621. The van der Waals surface area contributed by atoms with Gasteiger partial charge in [-0.2, -0.15) is 0 Å². The van der Waals surface area contributed by atoms with E-state index >= 15 is 0 Å². The highest BCUT2D eigenvalue weighted by Gasteiger charge is 2.13. The topological polar surface area (TPSA) is 41.5 Å². The van der Waals surface area contributed by atoms with Crippen LogP contribution in [0.5, 0.6) is 5.75 Å². The first-order valence-electron chi connectivity index (χ1n) is 6.84. The summed E-state index contributed by atoms with van der Waals surface area (Å²) in [6.07, 6.45) is -0.621. The van der Waals surface area contributed by atoms with Crippen molar-refractivity contribution in [1.82, 2.24) is 0 Å². The monoisotopic (exact) mass is 349 g/mol. The number of benzene rings is 2. The fraction of sp³-hybridized carbons (Fsp3) is 0.294. The van der Waals surface area contributed by atoms with Gasteiger partial charge in [0, 0.05) is 22.3 Å². The first kappa shape index (κ1) is 15.9. The summed E-state index contributed by atoms with van der Waals surface area (Å²) in [7, 11) is 1.62. The van der Waals surface area contributed by atoms with Crippen LogP contribution in [0.4, 0.5) is 5.69 Å². The Morgan fingerprint density at radius 3 is 2.62 bits per heavy atom. The number of halogens is 1. The predicted octanol–water partition coefficient (Wildman–Crippen LogP) is 4.22. The largest absolute Gasteiger partial charge is 0.496 e. The lowest BCUT2D eigenvalue weighted by molar-refractivity contribution is 0.187. The molecule has 1 atom stereocenters. The van der Waals surface area contributed by atoms with Crippen LogP contribution in [0.15, 0.2) is 40.9 Å². The highest BCUT2D eigenvalue weighted by molar-refractivity contribution is 9.10. The summed E-state index contributed by atoms with van der Waals surface area (Å²) in [6.45, 7) is 4.47. The van der Waals surface area contributed by atoms with Crippen molar-refractivity contribution in [2.45, 2.75) is 20.0 Å². The number of aryl methyl sites for hydroxylation is 2. The zero-order valence-electron chi connectivity index (χ0n) is 12.5. The number of anilines is 1. The normalized spacial score (nSPS) is 12.0. The Morgan fingerprint density at radius 1 is 1.19 bits per heavy atom. The molecule has 3 nitrogen and oxygen atoms in total. The molecule has 4 heteroatoms. The van der Waals surface area contributed by atoms with Gasteiger partial charge in [-0.05, 0) is 49.7 Å². The maximum atomic E-state index is 10.4. The van der Waals surface area contributed by atoms with Crippen molar-refractivity contribution >= 4 is 21.6 Å². The predicted molar refractivity (Wildman–Crippen MR) is 90.1 cm³/mol. The molecular weight excluding hydrogens is 330 g/mol. The van der Waals surface area contributed by atoms with Crippen molar-refractivity contribution in [3.63, 3.8) is 0 Å². The maximum absolute atomic E-state index is 10.4. The van der Waals surface area contributed by atoms with E-state index in [1.54, 1.807) is 7.11 Å². The molecule has 0 bridgehead atoms. The second-order valence-corrected chi connectivity index (χ2v) is 5.96. The van der Waals surface area contributed by atoms with E-state index in [4.69, 9.17) is 4.74 Å². The molecule has 0 radical (unpaired) electrons. The minimum absolute atomic E-state index is 0.431. The summed E-state index contributed by atoms with van der Waals surface area (Å²) in [5, 5.41) is 13.6. The van der Waals surface area contributed by atoms with Gasteiger partial charge in [0.1, 0.15) is 5.75 Å². The lowest BCUT2D eigenvalue weighted by atomic mass is 10.0.